The number of aryl methyl sites for hydroxylation is 1. The van der Waals surface area contributed by atoms with Gasteiger partial charge in [-0.3, -0.25) is 14.5 Å². The first-order valence-electron chi connectivity index (χ1n) is 14.1. The molecule has 0 bridgehead atoms. The molecule has 2 amide bonds. The quantitative estimate of drug-likeness (QED) is 0.375. The van der Waals surface area contributed by atoms with Gasteiger partial charge in [-0.05, 0) is 93.5 Å². The molecular weight excluding hydrogens is 592 g/mol. The Morgan fingerprint density at radius 3 is 2.44 bits per heavy atom. The Labute approximate surface area is 254 Å². The summed E-state index contributed by atoms with van der Waals surface area (Å²) in [5.74, 6) is -0.750. The summed E-state index contributed by atoms with van der Waals surface area (Å²) in [5.41, 5.74) is 2.10. The number of hydrogen-bond acceptors (Lipinski definition) is 6. The highest BCUT2D eigenvalue weighted by atomic mass is 31.0. The maximum Gasteiger partial charge on any atom is 0.251 e. The highest BCUT2D eigenvalue weighted by Crippen LogP contribution is 2.37. The third kappa shape index (κ3) is 6.82. The van der Waals surface area contributed by atoms with Crippen molar-refractivity contribution in [2.45, 2.75) is 43.7 Å². The van der Waals surface area contributed by atoms with Crippen molar-refractivity contribution in [2.75, 3.05) is 38.7 Å². The van der Waals surface area contributed by atoms with Crippen molar-refractivity contribution < 1.29 is 27.8 Å². The number of halogens is 2. The van der Waals surface area contributed by atoms with E-state index in [1.807, 2.05) is 21.4 Å². The molecule has 12 heteroatoms. The predicted molar refractivity (Wildman–Crippen MR) is 169 cm³/mol. The van der Waals surface area contributed by atoms with Crippen LogP contribution in [0.25, 0.3) is 0 Å². The second-order valence-corrected chi connectivity index (χ2v) is 12.2. The van der Waals surface area contributed by atoms with Crippen LogP contribution in [0.5, 0.6) is 11.5 Å². The molecule has 2 aliphatic heterocycles. The standard InChI is InChI=1S/C31H36F2N4O4P2/c1-17-14-21(40-3)15-23(32)26(17)22-16-37(28-25(42)9-8-24(34-28)18-10-12-36(2)13-11-18)30(39)27(22)35-29(38)19-4-6-20(7-5-19)41-31(33)43/h4-9,14-15,18,22,27,31H,10-13,16,42-43H2,1-3H3,(H,35,38)/t22-,27-,31?/m0/s1. The first-order chi connectivity index (χ1) is 20.5. The molecule has 1 aromatic heterocycles. The zero-order chi connectivity index (χ0) is 30.8. The number of piperidine rings is 1. The summed E-state index contributed by atoms with van der Waals surface area (Å²) in [6.45, 7) is 3.82. The van der Waals surface area contributed by atoms with E-state index in [0.717, 1.165) is 36.9 Å². The number of nitrogens with zero attached hydrogens (tertiary/aromatic N) is 3. The lowest BCUT2D eigenvalue weighted by Crippen LogP contribution is -2.44. The highest BCUT2D eigenvalue weighted by molar-refractivity contribution is 7.28. The molecule has 0 radical (unpaired) electrons. The van der Waals surface area contributed by atoms with Crippen molar-refractivity contribution in [3.63, 3.8) is 0 Å². The minimum absolute atomic E-state index is 0.123. The second kappa shape index (κ2) is 13.2. The molecule has 0 spiro atoms. The molecular formula is C31H36F2N4O4P2. The van der Waals surface area contributed by atoms with Crippen LogP contribution in [0.15, 0.2) is 48.5 Å². The number of anilines is 1. The smallest absolute Gasteiger partial charge is 0.251 e. The molecule has 3 unspecified atom stereocenters. The van der Waals surface area contributed by atoms with Crippen LogP contribution >= 0.6 is 18.5 Å². The molecule has 8 nitrogen and oxygen atoms in total. The number of amides is 2. The van der Waals surface area contributed by atoms with E-state index in [1.54, 1.807) is 17.9 Å². The van der Waals surface area contributed by atoms with Crippen LogP contribution in [0.4, 0.5) is 14.6 Å². The first-order valence-corrected chi connectivity index (χ1v) is 15.4. The van der Waals surface area contributed by atoms with E-state index in [2.05, 4.69) is 26.5 Å². The number of pyridine rings is 1. The van der Waals surface area contributed by atoms with Crippen LogP contribution in [-0.4, -0.2) is 67.6 Å². The highest BCUT2D eigenvalue weighted by Gasteiger charge is 2.45. The van der Waals surface area contributed by atoms with Gasteiger partial charge in [0.05, 0.1) is 7.11 Å². The van der Waals surface area contributed by atoms with Gasteiger partial charge in [0.2, 0.25) is 6.10 Å². The number of ether oxygens (including phenoxy) is 2. The fraction of sp³-hybridized carbons (Fsp3) is 0.387. The van der Waals surface area contributed by atoms with Gasteiger partial charge in [0, 0.05) is 41.0 Å². The number of rotatable bonds is 8. The molecule has 0 saturated carbocycles. The Bertz CT molecular complexity index is 1480. The van der Waals surface area contributed by atoms with Crippen LogP contribution in [-0.2, 0) is 4.79 Å². The number of alkyl halides is 1. The predicted octanol–water partition coefficient (Wildman–Crippen LogP) is 4.28. The summed E-state index contributed by atoms with van der Waals surface area (Å²) in [6, 6.07) is 11.8. The van der Waals surface area contributed by atoms with Crippen LogP contribution in [0.3, 0.4) is 0 Å². The molecule has 1 N–H and O–H groups in total. The lowest BCUT2D eigenvalue weighted by molar-refractivity contribution is -0.118. The summed E-state index contributed by atoms with van der Waals surface area (Å²) in [6.07, 6.45) is 0.355. The molecule has 2 saturated heterocycles. The van der Waals surface area contributed by atoms with E-state index in [0.29, 0.717) is 22.7 Å². The SMILES string of the molecule is COc1cc(C)c([C@@H]2CN(c3nc(C4CCN(C)CC4)ccc3P)C(=O)[C@H]2NC(=O)c2ccc(OC(F)P)cc2)c(F)c1. The topological polar surface area (TPSA) is 84.0 Å². The number of methoxy groups -OCH3 is 1. The van der Waals surface area contributed by atoms with E-state index in [9.17, 15) is 14.0 Å². The molecule has 0 aliphatic carbocycles. The Balaban J connectivity index is 1.49. The van der Waals surface area contributed by atoms with Crippen LogP contribution in [0.2, 0.25) is 0 Å². The molecule has 3 heterocycles. The Morgan fingerprint density at radius 1 is 1.12 bits per heavy atom. The summed E-state index contributed by atoms with van der Waals surface area (Å²) in [5, 5.41) is 3.59. The number of carbonyl (C=O) groups is 2. The van der Waals surface area contributed by atoms with Crippen molar-refractivity contribution in [1.29, 1.82) is 0 Å². The van der Waals surface area contributed by atoms with Crippen molar-refractivity contribution in [2.24, 2.45) is 0 Å². The fourth-order valence-corrected chi connectivity index (χ4v) is 6.39. The average molecular weight is 629 g/mol. The lowest BCUT2D eigenvalue weighted by Gasteiger charge is -2.29. The molecule has 2 aliphatic rings. The van der Waals surface area contributed by atoms with Gasteiger partial charge in [0.1, 0.15) is 29.2 Å². The molecule has 5 atom stereocenters. The van der Waals surface area contributed by atoms with Gasteiger partial charge in [-0.25, -0.2) is 9.37 Å². The van der Waals surface area contributed by atoms with Crippen LogP contribution in [0, 0.1) is 12.7 Å². The number of nitrogens with one attached hydrogen (secondary N) is 1. The molecule has 5 rings (SSSR count). The lowest BCUT2D eigenvalue weighted by atomic mass is 9.89. The molecule has 2 aromatic carbocycles. The Hall–Kier alpha value is -3.19. The third-order valence-electron chi connectivity index (χ3n) is 8.20. The normalized spacial score (nSPS) is 20.3. The van der Waals surface area contributed by atoms with E-state index >= 15 is 4.39 Å². The minimum Gasteiger partial charge on any atom is -0.497 e. The number of likely N-dealkylation sites (tertiary alicyclic amines) is 1. The maximum atomic E-state index is 15.6. The summed E-state index contributed by atoms with van der Waals surface area (Å²) < 4.78 is 39.1. The minimum atomic E-state index is -1.58. The van der Waals surface area contributed by atoms with Gasteiger partial charge in [-0.1, -0.05) is 9.24 Å². The van der Waals surface area contributed by atoms with Crippen molar-refractivity contribution in [3.8, 4) is 11.5 Å². The van der Waals surface area contributed by atoms with Crippen LogP contribution < -0.4 is 25.0 Å². The van der Waals surface area contributed by atoms with Gasteiger partial charge in [0.15, 0.2) is 0 Å². The molecule has 228 valence electrons. The molecule has 3 aromatic rings. The monoisotopic (exact) mass is 628 g/mol. The van der Waals surface area contributed by atoms with Gasteiger partial charge in [0.25, 0.3) is 11.8 Å². The van der Waals surface area contributed by atoms with E-state index in [1.165, 1.54) is 37.4 Å². The van der Waals surface area contributed by atoms with Gasteiger partial charge >= 0.3 is 0 Å². The number of hydrogen-bond donors (Lipinski definition) is 1. The average Bonchev–Trinajstić information content (AvgIpc) is 3.28. The van der Waals surface area contributed by atoms with E-state index < -0.39 is 29.8 Å². The van der Waals surface area contributed by atoms with Gasteiger partial charge in [-0.15, -0.1) is 9.24 Å². The first kappa shape index (κ1) is 31.2. The van der Waals surface area contributed by atoms with Crippen molar-refractivity contribution >= 4 is 41.4 Å². The maximum absolute atomic E-state index is 15.6. The van der Waals surface area contributed by atoms with Crippen molar-refractivity contribution in [3.05, 3.63) is 76.7 Å². The zero-order valence-electron chi connectivity index (χ0n) is 24.3. The Morgan fingerprint density at radius 2 is 1.81 bits per heavy atom. The Kier molecular flexibility index (Phi) is 9.60. The summed E-state index contributed by atoms with van der Waals surface area (Å²) in [4.78, 5) is 36.3. The third-order valence-corrected chi connectivity index (χ3v) is 8.79. The van der Waals surface area contributed by atoms with Gasteiger partial charge in [-0.2, -0.15) is 4.39 Å². The number of aromatic nitrogens is 1. The zero-order valence-corrected chi connectivity index (χ0v) is 26.7. The van der Waals surface area contributed by atoms with E-state index in [-0.39, 0.29) is 29.7 Å². The van der Waals surface area contributed by atoms with Crippen LogP contribution in [0.1, 0.15) is 51.9 Å². The molecule has 43 heavy (non-hydrogen) atoms. The summed E-state index contributed by atoms with van der Waals surface area (Å²) >= 11 is 0. The fourth-order valence-electron chi connectivity index (χ4n) is 5.92. The number of benzene rings is 2. The largest absolute Gasteiger partial charge is 0.497 e. The summed E-state index contributed by atoms with van der Waals surface area (Å²) in [7, 11) is 8.10. The van der Waals surface area contributed by atoms with E-state index in [4.69, 9.17) is 14.5 Å². The van der Waals surface area contributed by atoms with Crippen molar-refractivity contribution in [1.82, 2.24) is 15.2 Å². The van der Waals surface area contributed by atoms with Gasteiger partial charge < -0.3 is 19.7 Å². The number of carbonyl (C=O) groups excluding carboxylic acids is 2. The molecule has 2 fully saturated rings. The second-order valence-electron chi connectivity index (χ2n) is 11.1.